The van der Waals surface area contributed by atoms with Crippen molar-refractivity contribution in [1.82, 2.24) is 0 Å². The highest BCUT2D eigenvalue weighted by Crippen LogP contribution is 2.26. The van der Waals surface area contributed by atoms with Crippen LogP contribution in [0.3, 0.4) is 0 Å². The molecule has 0 radical (unpaired) electrons. The van der Waals surface area contributed by atoms with Crippen LogP contribution in [-0.4, -0.2) is 29.4 Å². The van der Waals surface area contributed by atoms with Crippen molar-refractivity contribution in [3.05, 3.63) is 0 Å². The van der Waals surface area contributed by atoms with E-state index in [1.165, 1.54) is 0 Å². The van der Waals surface area contributed by atoms with Gasteiger partial charge in [0.25, 0.3) is 0 Å². The lowest BCUT2D eigenvalue weighted by atomic mass is 11.0. The summed E-state index contributed by atoms with van der Waals surface area (Å²) in [7, 11) is 0. The molecule has 6 nitrogen and oxygen atoms in total. The van der Waals surface area contributed by atoms with Gasteiger partial charge >= 0.3 is 13.4 Å². The maximum atomic E-state index is 7.56. The molecule has 0 saturated carbocycles. The first-order chi connectivity index (χ1) is 7.00. The van der Waals surface area contributed by atoms with Crippen molar-refractivity contribution in [1.29, 1.82) is 0 Å². The summed E-state index contributed by atoms with van der Waals surface area (Å²) >= 11 is 7.21. The van der Waals surface area contributed by atoms with Crippen molar-refractivity contribution in [3.8, 4) is 0 Å². The average Bonchev–Trinajstić information content (AvgIpc) is 2.08. The first-order valence-electron chi connectivity index (χ1n) is 4.57. The van der Waals surface area contributed by atoms with Gasteiger partial charge in [0.1, 0.15) is 0 Å². The highest BCUT2D eigenvalue weighted by molar-refractivity contribution is 8.06. The van der Waals surface area contributed by atoms with Crippen LogP contribution in [0.15, 0.2) is 0 Å². The van der Waals surface area contributed by atoms with Crippen LogP contribution in [0.25, 0.3) is 0 Å². The van der Waals surface area contributed by atoms with Gasteiger partial charge in [-0.3, -0.25) is 0 Å². The van der Waals surface area contributed by atoms with Gasteiger partial charge in [-0.2, -0.15) is 0 Å². The van der Waals surface area contributed by atoms with Crippen molar-refractivity contribution >= 4 is 37.1 Å². The summed E-state index contributed by atoms with van der Waals surface area (Å²) in [6, 6.07) is 0. The molecule has 0 aromatic rings. The highest BCUT2D eigenvalue weighted by Gasteiger charge is 1.92. The van der Waals surface area contributed by atoms with Gasteiger partial charge in [-0.05, 0) is 23.6 Å². The standard InChI is InChI=1S/3C2H6.2H3O3PS/c3*1-2;2*1-4(2,3)5/h3*1-2H3;2*(H3,1,2,3,5). The van der Waals surface area contributed by atoms with Crippen molar-refractivity contribution in [2.24, 2.45) is 0 Å². The Morgan fingerprint density at radius 3 is 0.500 bits per heavy atom. The largest absolute Gasteiger partial charge is 0.325 e. The van der Waals surface area contributed by atoms with E-state index in [9.17, 15) is 0 Å². The second-order valence-corrected chi connectivity index (χ2v) is 6.02. The molecule has 0 aromatic heterocycles. The molecule has 0 aliphatic carbocycles. The molecule has 0 heterocycles. The Balaban J connectivity index is -0.0000000345. The molecule has 0 aliphatic rings. The summed E-state index contributed by atoms with van der Waals surface area (Å²) < 4.78 is 0. The molecule has 0 bridgehead atoms. The molecular weight excluding hydrogens is 294 g/mol. The van der Waals surface area contributed by atoms with E-state index in [1.807, 2.05) is 41.5 Å². The van der Waals surface area contributed by atoms with Gasteiger partial charge in [0.15, 0.2) is 0 Å². The molecule has 0 saturated heterocycles. The van der Waals surface area contributed by atoms with Gasteiger partial charge in [-0.25, -0.2) is 0 Å². The van der Waals surface area contributed by atoms with Gasteiger partial charge < -0.3 is 29.4 Å². The van der Waals surface area contributed by atoms with Gasteiger partial charge in [0.05, 0.1) is 0 Å². The minimum absolute atomic E-state index is 2.00. The molecule has 0 atom stereocenters. The van der Waals surface area contributed by atoms with Crippen LogP contribution in [0.5, 0.6) is 0 Å². The quantitative estimate of drug-likeness (QED) is 0.371. The molecule has 0 unspecified atom stereocenters. The molecule has 10 heteroatoms. The fourth-order valence-electron chi connectivity index (χ4n) is 0. The third-order valence-corrected chi connectivity index (χ3v) is 0. The molecule has 0 aliphatic heterocycles. The maximum Gasteiger partial charge on any atom is 0.319 e. The normalized spacial score (nSPS) is 8.50. The van der Waals surface area contributed by atoms with Gasteiger partial charge in [-0.15, -0.1) is 0 Å². The lowest BCUT2D eigenvalue weighted by Gasteiger charge is -1.88. The van der Waals surface area contributed by atoms with Crippen LogP contribution in [-0.2, 0) is 23.6 Å². The number of hydrogen-bond acceptors (Lipinski definition) is 2. The summed E-state index contributed by atoms with van der Waals surface area (Å²) in [4.78, 5) is 45.3. The zero-order valence-electron chi connectivity index (χ0n) is 10.4. The minimum Gasteiger partial charge on any atom is -0.325 e. The summed E-state index contributed by atoms with van der Waals surface area (Å²) in [5.41, 5.74) is 0. The molecule has 106 valence electrons. The topological polar surface area (TPSA) is 121 Å². The summed E-state index contributed by atoms with van der Waals surface area (Å²) in [6.07, 6.45) is 0. The molecule has 16 heavy (non-hydrogen) atoms. The SMILES string of the molecule is CC.CC.CC.OP(O)(O)=S.OP(O)(O)=S. The predicted octanol–water partition coefficient (Wildman–Crippen LogP) is 1.45. The van der Waals surface area contributed by atoms with E-state index in [0.717, 1.165) is 0 Å². The van der Waals surface area contributed by atoms with Crippen LogP contribution >= 0.6 is 13.4 Å². The maximum absolute atomic E-state index is 7.56. The second-order valence-electron chi connectivity index (χ2n) is 1.03. The Morgan fingerprint density at radius 1 is 0.500 bits per heavy atom. The monoisotopic (exact) mass is 318 g/mol. The zero-order valence-corrected chi connectivity index (χ0v) is 13.8. The van der Waals surface area contributed by atoms with Crippen molar-refractivity contribution in [3.63, 3.8) is 0 Å². The van der Waals surface area contributed by atoms with Crippen molar-refractivity contribution < 1.29 is 29.4 Å². The van der Waals surface area contributed by atoms with Crippen LogP contribution < -0.4 is 0 Å². The zero-order chi connectivity index (χ0) is 15.0. The Bertz CT molecular complexity index is 141. The van der Waals surface area contributed by atoms with Gasteiger partial charge in [0.2, 0.25) is 0 Å². The average molecular weight is 318 g/mol. The first kappa shape index (κ1) is 30.3. The van der Waals surface area contributed by atoms with Gasteiger partial charge in [0, 0.05) is 0 Å². The van der Waals surface area contributed by atoms with E-state index in [4.69, 9.17) is 29.4 Å². The second kappa shape index (κ2) is 21.4. The molecular formula is C6H24O6P2S2. The third-order valence-electron chi connectivity index (χ3n) is 0. The van der Waals surface area contributed by atoms with E-state index >= 15 is 0 Å². The fourth-order valence-corrected chi connectivity index (χ4v) is 0. The summed E-state index contributed by atoms with van der Waals surface area (Å²) in [5.74, 6) is 0. The molecule has 0 fully saturated rings. The Hall–Kier alpha value is 1.06. The fraction of sp³-hybridized carbons (Fsp3) is 1.00. The summed E-state index contributed by atoms with van der Waals surface area (Å²) in [5, 5.41) is 0. The van der Waals surface area contributed by atoms with Crippen LogP contribution in [0.1, 0.15) is 41.5 Å². The third kappa shape index (κ3) is 2650. The van der Waals surface area contributed by atoms with E-state index in [1.54, 1.807) is 0 Å². The van der Waals surface area contributed by atoms with Crippen LogP contribution in [0.4, 0.5) is 0 Å². The van der Waals surface area contributed by atoms with E-state index in [0.29, 0.717) is 0 Å². The number of hydrogen-bond donors (Lipinski definition) is 6. The Morgan fingerprint density at radius 2 is 0.500 bits per heavy atom. The van der Waals surface area contributed by atoms with Gasteiger partial charge in [-0.1, -0.05) is 41.5 Å². The minimum atomic E-state index is -3.81. The van der Waals surface area contributed by atoms with Crippen molar-refractivity contribution in [2.75, 3.05) is 0 Å². The lowest BCUT2D eigenvalue weighted by molar-refractivity contribution is 0.361. The Labute approximate surface area is 108 Å². The molecule has 0 spiro atoms. The highest BCUT2D eigenvalue weighted by atomic mass is 32.5. The van der Waals surface area contributed by atoms with Crippen LogP contribution in [0, 0.1) is 0 Å². The van der Waals surface area contributed by atoms with E-state index in [-0.39, 0.29) is 0 Å². The van der Waals surface area contributed by atoms with E-state index in [2.05, 4.69) is 23.6 Å². The van der Waals surface area contributed by atoms with E-state index < -0.39 is 13.4 Å². The molecule has 0 amide bonds. The lowest BCUT2D eigenvalue weighted by Crippen LogP contribution is -1.65. The molecule has 0 aromatic carbocycles. The number of rotatable bonds is 0. The Kier molecular flexibility index (Phi) is 40.4. The summed E-state index contributed by atoms with van der Waals surface area (Å²) in [6.45, 7) is 4.39. The first-order valence-corrected chi connectivity index (χ1v) is 9.89. The smallest absolute Gasteiger partial charge is 0.319 e. The molecule has 0 rings (SSSR count). The molecule has 6 N–H and O–H groups in total. The van der Waals surface area contributed by atoms with Crippen LogP contribution in [0.2, 0.25) is 0 Å². The van der Waals surface area contributed by atoms with Crippen molar-refractivity contribution in [2.45, 2.75) is 41.5 Å². The predicted molar refractivity (Wildman–Crippen MR) is 75.9 cm³/mol.